The number of thioether (sulfide) groups is 1. The zero-order valence-electron chi connectivity index (χ0n) is 18.4. The van der Waals surface area contributed by atoms with E-state index in [1.54, 1.807) is 20.3 Å². The standard InChI is InChI=1S/C24H28N4O3S/c1-30-20-13-11-17(12-14-20)23-26-27-24(28(23)19-8-4-3-5-9-19)32-16-22(29)25-18-7-6-10-21(15-18)31-2/h6-7,10-15,19H,3-5,8-9,16H2,1-2H3,(H,25,29). The van der Waals surface area contributed by atoms with Crippen molar-refractivity contribution in [3.63, 3.8) is 0 Å². The van der Waals surface area contributed by atoms with Crippen LogP contribution in [-0.4, -0.2) is 40.6 Å². The van der Waals surface area contributed by atoms with Crippen molar-refractivity contribution in [3.8, 4) is 22.9 Å². The number of aromatic nitrogens is 3. The molecule has 0 spiro atoms. The zero-order valence-corrected chi connectivity index (χ0v) is 19.2. The molecule has 8 heteroatoms. The Morgan fingerprint density at radius 1 is 1.03 bits per heavy atom. The molecule has 1 aromatic heterocycles. The summed E-state index contributed by atoms with van der Waals surface area (Å²) in [7, 11) is 3.26. The summed E-state index contributed by atoms with van der Waals surface area (Å²) in [4.78, 5) is 12.6. The van der Waals surface area contributed by atoms with Gasteiger partial charge in [0.2, 0.25) is 5.91 Å². The fourth-order valence-electron chi connectivity index (χ4n) is 4.01. The molecule has 32 heavy (non-hydrogen) atoms. The Labute approximate surface area is 192 Å². The Morgan fingerprint density at radius 2 is 1.78 bits per heavy atom. The lowest BCUT2D eigenvalue weighted by Crippen LogP contribution is -2.17. The molecule has 168 valence electrons. The van der Waals surface area contributed by atoms with Gasteiger partial charge in [0.05, 0.1) is 20.0 Å². The quantitative estimate of drug-likeness (QED) is 0.474. The summed E-state index contributed by atoms with van der Waals surface area (Å²) in [5.74, 6) is 2.52. The van der Waals surface area contributed by atoms with Crippen LogP contribution in [0.25, 0.3) is 11.4 Å². The molecule has 1 aliphatic carbocycles. The Hall–Kier alpha value is -3.00. The van der Waals surface area contributed by atoms with E-state index in [9.17, 15) is 4.79 Å². The van der Waals surface area contributed by atoms with Gasteiger partial charge in [-0.05, 0) is 49.2 Å². The number of anilines is 1. The summed E-state index contributed by atoms with van der Waals surface area (Å²) in [5, 5.41) is 12.7. The van der Waals surface area contributed by atoms with Gasteiger partial charge in [-0.3, -0.25) is 9.36 Å². The van der Waals surface area contributed by atoms with Crippen LogP contribution in [0.15, 0.2) is 53.7 Å². The minimum Gasteiger partial charge on any atom is -0.497 e. The number of methoxy groups -OCH3 is 2. The fourth-order valence-corrected chi connectivity index (χ4v) is 4.81. The molecule has 7 nitrogen and oxygen atoms in total. The second kappa shape index (κ2) is 10.5. The van der Waals surface area contributed by atoms with Crippen LogP contribution in [0, 0.1) is 0 Å². The van der Waals surface area contributed by atoms with Gasteiger partial charge in [0.25, 0.3) is 0 Å². The molecule has 4 rings (SSSR count). The molecule has 0 bridgehead atoms. The Balaban J connectivity index is 1.52. The van der Waals surface area contributed by atoms with Gasteiger partial charge in [-0.1, -0.05) is 37.1 Å². The summed E-state index contributed by atoms with van der Waals surface area (Å²) in [6.45, 7) is 0. The van der Waals surface area contributed by atoms with Gasteiger partial charge in [-0.2, -0.15) is 0 Å². The van der Waals surface area contributed by atoms with Gasteiger partial charge >= 0.3 is 0 Å². The van der Waals surface area contributed by atoms with Gasteiger partial charge < -0.3 is 14.8 Å². The predicted octanol–water partition coefficient (Wildman–Crippen LogP) is 5.20. The number of benzene rings is 2. The highest BCUT2D eigenvalue weighted by molar-refractivity contribution is 7.99. The Kier molecular flexibility index (Phi) is 7.32. The Morgan fingerprint density at radius 3 is 2.50 bits per heavy atom. The minimum atomic E-state index is -0.0903. The van der Waals surface area contributed by atoms with Crippen LogP contribution in [0.1, 0.15) is 38.1 Å². The minimum absolute atomic E-state index is 0.0903. The first-order valence-corrected chi connectivity index (χ1v) is 11.8. The van der Waals surface area contributed by atoms with Crippen molar-refractivity contribution in [3.05, 3.63) is 48.5 Å². The van der Waals surface area contributed by atoms with Crippen molar-refractivity contribution in [2.24, 2.45) is 0 Å². The summed E-state index contributed by atoms with van der Waals surface area (Å²) in [6, 6.07) is 15.6. The lowest BCUT2D eigenvalue weighted by molar-refractivity contribution is -0.113. The van der Waals surface area contributed by atoms with Crippen LogP contribution in [0.2, 0.25) is 0 Å². The van der Waals surface area contributed by atoms with E-state index in [2.05, 4.69) is 20.1 Å². The summed E-state index contributed by atoms with van der Waals surface area (Å²) in [6.07, 6.45) is 5.87. The molecule has 0 unspecified atom stereocenters. The lowest BCUT2D eigenvalue weighted by Gasteiger charge is -2.25. The smallest absolute Gasteiger partial charge is 0.234 e. The first kappa shape index (κ1) is 22.2. The third-order valence-electron chi connectivity index (χ3n) is 5.64. The molecular weight excluding hydrogens is 424 g/mol. The number of carbonyl (C=O) groups excluding carboxylic acids is 1. The molecule has 1 aliphatic rings. The highest BCUT2D eigenvalue weighted by Gasteiger charge is 2.24. The predicted molar refractivity (Wildman–Crippen MR) is 126 cm³/mol. The number of ether oxygens (including phenoxy) is 2. The van der Waals surface area contributed by atoms with E-state index in [4.69, 9.17) is 9.47 Å². The third-order valence-corrected chi connectivity index (χ3v) is 6.58. The molecular formula is C24H28N4O3S. The monoisotopic (exact) mass is 452 g/mol. The first-order chi connectivity index (χ1) is 15.7. The number of amides is 1. The molecule has 3 aromatic rings. The molecule has 1 heterocycles. The maximum Gasteiger partial charge on any atom is 0.234 e. The van der Waals surface area contributed by atoms with Gasteiger partial charge in [0.15, 0.2) is 11.0 Å². The van der Waals surface area contributed by atoms with Crippen LogP contribution in [0.4, 0.5) is 5.69 Å². The van der Waals surface area contributed by atoms with Crippen molar-refractivity contribution in [2.75, 3.05) is 25.3 Å². The van der Waals surface area contributed by atoms with E-state index in [0.717, 1.165) is 35.1 Å². The largest absolute Gasteiger partial charge is 0.497 e. The lowest BCUT2D eigenvalue weighted by atomic mass is 9.95. The second-order valence-corrected chi connectivity index (χ2v) is 8.71. The van der Waals surface area contributed by atoms with E-state index < -0.39 is 0 Å². The number of nitrogens with zero attached hydrogens (tertiary/aromatic N) is 3. The van der Waals surface area contributed by atoms with Crippen molar-refractivity contribution in [1.29, 1.82) is 0 Å². The van der Waals surface area contributed by atoms with E-state index in [1.807, 2.05) is 42.5 Å². The number of carbonyl (C=O) groups is 1. The van der Waals surface area contributed by atoms with E-state index in [1.165, 1.54) is 31.0 Å². The molecule has 2 aromatic carbocycles. The maximum absolute atomic E-state index is 12.6. The van der Waals surface area contributed by atoms with Crippen LogP contribution < -0.4 is 14.8 Å². The van der Waals surface area contributed by atoms with E-state index in [0.29, 0.717) is 17.5 Å². The van der Waals surface area contributed by atoms with Gasteiger partial charge in [0.1, 0.15) is 11.5 Å². The van der Waals surface area contributed by atoms with Crippen molar-refractivity contribution < 1.29 is 14.3 Å². The van der Waals surface area contributed by atoms with E-state index in [-0.39, 0.29) is 11.7 Å². The number of rotatable bonds is 8. The molecule has 0 atom stereocenters. The third kappa shape index (κ3) is 5.24. The topological polar surface area (TPSA) is 78.3 Å². The van der Waals surface area contributed by atoms with Crippen LogP contribution in [0.5, 0.6) is 11.5 Å². The SMILES string of the molecule is COc1ccc(-c2nnc(SCC(=O)Nc3cccc(OC)c3)n2C2CCCCC2)cc1. The van der Waals surface area contributed by atoms with Crippen LogP contribution in [0.3, 0.4) is 0 Å². The van der Waals surface area contributed by atoms with Crippen molar-refractivity contribution in [1.82, 2.24) is 14.8 Å². The molecule has 0 radical (unpaired) electrons. The normalized spacial score (nSPS) is 14.2. The average Bonchev–Trinajstić information content (AvgIpc) is 3.27. The maximum atomic E-state index is 12.6. The molecule has 1 saturated carbocycles. The number of hydrogen-bond donors (Lipinski definition) is 1. The highest BCUT2D eigenvalue weighted by Crippen LogP contribution is 2.36. The number of hydrogen-bond acceptors (Lipinski definition) is 6. The van der Waals surface area contributed by atoms with Crippen LogP contribution >= 0.6 is 11.8 Å². The molecule has 1 N–H and O–H groups in total. The molecule has 0 aliphatic heterocycles. The van der Waals surface area contributed by atoms with Gasteiger partial charge in [-0.25, -0.2) is 0 Å². The van der Waals surface area contributed by atoms with Crippen LogP contribution in [-0.2, 0) is 4.79 Å². The fraction of sp³-hybridized carbons (Fsp3) is 0.375. The second-order valence-electron chi connectivity index (χ2n) is 7.77. The molecule has 0 saturated heterocycles. The summed E-state index contributed by atoms with van der Waals surface area (Å²) in [5.41, 5.74) is 1.71. The Bertz CT molecular complexity index is 1050. The number of nitrogens with one attached hydrogen (secondary N) is 1. The molecule has 1 amide bonds. The van der Waals surface area contributed by atoms with Crippen molar-refractivity contribution in [2.45, 2.75) is 43.3 Å². The van der Waals surface area contributed by atoms with E-state index >= 15 is 0 Å². The van der Waals surface area contributed by atoms with Crippen molar-refractivity contribution >= 4 is 23.4 Å². The average molecular weight is 453 g/mol. The summed E-state index contributed by atoms with van der Waals surface area (Å²) < 4.78 is 12.7. The van der Waals surface area contributed by atoms with Gasteiger partial charge in [-0.15, -0.1) is 10.2 Å². The molecule has 1 fully saturated rings. The zero-order chi connectivity index (χ0) is 22.3. The summed E-state index contributed by atoms with van der Waals surface area (Å²) >= 11 is 1.42. The van der Waals surface area contributed by atoms with Gasteiger partial charge in [0, 0.05) is 23.4 Å². The first-order valence-electron chi connectivity index (χ1n) is 10.8. The highest BCUT2D eigenvalue weighted by atomic mass is 32.2.